The minimum atomic E-state index is -3.74. The topological polar surface area (TPSA) is 98.2 Å². The molecular formula is C24H29N3O5S. The van der Waals surface area contributed by atoms with E-state index in [9.17, 15) is 23.1 Å². The van der Waals surface area contributed by atoms with Crippen LogP contribution in [0.5, 0.6) is 0 Å². The van der Waals surface area contributed by atoms with Crippen LogP contribution in [0.3, 0.4) is 0 Å². The van der Waals surface area contributed by atoms with E-state index < -0.39 is 33.5 Å². The number of ketones is 1. The number of aliphatic hydroxyl groups excluding tert-OH is 1. The fourth-order valence-corrected chi connectivity index (χ4v) is 4.77. The largest absolute Gasteiger partial charge is 0.507 e. The first-order chi connectivity index (χ1) is 15.6. The van der Waals surface area contributed by atoms with Gasteiger partial charge in [0.25, 0.3) is 11.7 Å². The average molecular weight is 472 g/mol. The van der Waals surface area contributed by atoms with Gasteiger partial charge in [-0.2, -0.15) is 0 Å². The molecule has 3 rings (SSSR count). The van der Waals surface area contributed by atoms with Crippen molar-refractivity contribution in [2.45, 2.75) is 17.4 Å². The van der Waals surface area contributed by atoms with Crippen LogP contribution < -0.4 is 0 Å². The molecule has 8 nitrogen and oxygen atoms in total. The Morgan fingerprint density at radius 2 is 1.67 bits per heavy atom. The highest BCUT2D eigenvalue weighted by Crippen LogP contribution is 2.39. The number of hydrogen-bond acceptors (Lipinski definition) is 6. The number of carbonyl (C=O) groups excluding carboxylic acids is 2. The second kappa shape index (κ2) is 9.86. The summed E-state index contributed by atoms with van der Waals surface area (Å²) in [5.74, 6) is -1.86. The normalized spacial score (nSPS) is 18.5. The van der Waals surface area contributed by atoms with Crippen molar-refractivity contribution in [1.29, 1.82) is 0 Å². The van der Waals surface area contributed by atoms with E-state index in [1.54, 1.807) is 24.3 Å². The van der Waals surface area contributed by atoms with E-state index in [-0.39, 0.29) is 16.0 Å². The first-order valence-corrected chi connectivity index (χ1v) is 12.0. The fourth-order valence-electron chi connectivity index (χ4n) is 3.82. The van der Waals surface area contributed by atoms with Gasteiger partial charge in [0, 0.05) is 26.2 Å². The predicted octanol–water partition coefficient (Wildman–Crippen LogP) is 2.31. The third-order valence-electron chi connectivity index (χ3n) is 5.55. The third-order valence-corrected chi connectivity index (χ3v) is 7.36. The van der Waals surface area contributed by atoms with E-state index in [0.717, 1.165) is 10.8 Å². The van der Waals surface area contributed by atoms with Crippen LogP contribution in [0.4, 0.5) is 0 Å². The summed E-state index contributed by atoms with van der Waals surface area (Å²) in [6, 6.07) is 14.0. The van der Waals surface area contributed by atoms with Crippen LogP contribution in [-0.4, -0.2) is 80.6 Å². The fraction of sp³-hybridized carbons (Fsp3) is 0.333. The Kier molecular flexibility index (Phi) is 7.36. The van der Waals surface area contributed by atoms with Gasteiger partial charge in [0.2, 0.25) is 10.0 Å². The molecule has 2 aromatic rings. The zero-order chi connectivity index (χ0) is 24.3. The van der Waals surface area contributed by atoms with Crippen LogP contribution in [0, 0.1) is 0 Å². The Morgan fingerprint density at radius 1 is 1.00 bits per heavy atom. The lowest BCUT2D eigenvalue weighted by molar-refractivity contribution is -0.139. The van der Waals surface area contributed by atoms with E-state index >= 15 is 0 Å². The summed E-state index contributed by atoms with van der Waals surface area (Å²) < 4.78 is 26.2. The number of rotatable bonds is 8. The molecule has 0 spiro atoms. The second-order valence-corrected chi connectivity index (χ2v) is 10.5. The smallest absolute Gasteiger partial charge is 0.295 e. The molecule has 176 valence electrons. The van der Waals surface area contributed by atoms with Gasteiger partial charge in [0.05, 0.1) is 16.5 Å². The number of aliphatic hydroxyl groups is 1. The molecule has 1 N–H and O–H groups in total. The van der Waals surface area contributed by atoms with Crippen LogP contribution >= 0.6 is 0 Å². The number of sulfonamides is 1. The molecule has 1 fully saturated rings. The summed E-state index contributed by atoms with van der Waals surface area (Å²) in [5, 5.41) is 11.2. The van der Waals surface area contributed by atoms with Gasteiger partial charge in [-0.15, -0.1) is 0 Å². The molecule has 1 aliphatic rings. The SMILES string of the molecule is CN(C)CCCN1C(=O)C(=O)C(=C(O)c2cccc(S(=O)(=O)N(C)C)c2)[C@@H]1c1ccccc1. The van der Waals surface area contributed by atoms with Gasteiger partial charge in [-0.3, -0.25) is 9.59 Å². The molecule has 1 heterocycles. The number of amides is 1. The first kappa shape index (κ1) is 24.6. The third kappa shape index (κ3) is 5.00. The Hall–Kier alpha value is -3.01. The Bertz CT molecular complexity index is 1170. The number of nitrogens with zero attached hydrogens (tertiary/aromatic N) is 3. The maximum absolute atomic E-state index is 13.1. The van der Waals surface area contributed by atoms with Gasteiger partial charge in [0.15, 0.2) is 0 Å². The molecule has 0 radical (unpaired) electrons. The van der Waals surface area contributed by atoms with E-state index in [1.807, 2.05) is 25.1 Å². The van der Waals surface area contributed by atoms with Crippen LogP contribution in [0.1, 0.15) is 23.6 Å². The molecule has 0 saturated carbocycles. The van der Waals surface area contributed by atoms with Crippen molar-refractivity contribution in [3.8, 4) is 0 Å². The quantitative estimate of drug-likeness (QED) is 0.360. The predicted molar refractivity (Wildman–Crippen MR) is 126 cm³/mol. The molecule has 1 amide bonds. The highest BCUT2D eigenvalue weighted by molar-refractivity contribution is 7.89. The summed E-state index contributed by atoms with van der Waals surface area (Å²) in [6.45, 7) is 1.07. The molecule has 0 unspecified atom stereocenters. The van der Waals surface area contributed by atoms with Gasteiger partial charge in [-0.05, 0) is 44.8 Å². The van der Waals surface area contributed by atoms with E-state index in [2.05, 4.69) is 0 Å². The minimum absolute atomic E-state index is 0.0203. The number of hydrogen-bond donors (Lipinski definition) is 1. The Morgan fingerprint density at radius 3 is 2.27 bits per heavy atom. The zero-order valence-corrected chi connectivity index (χ0v) is 20.0. The van der Waals surface area contributed by atoms with Crippen molar-refractivity contribution >= 4 is 27.5 Å². The lowest BCUT2D eigenvalue weighted by Gasteiger charge is -2.26. The van der Waals surface area contributed by atoms with Gasteiger partial charge in [0.1, 0.15) is 5.76 Å². The average Bonchev–Trinajstić information content (AvgIpc) is 3.04. The lowest BCUT2D eigenvalue weighted by atomic mass is 9.95. The highest BCUT2D eigenvalue weighted by atomic mass is 32.2. The number of likely N-dealkylation sites (tertiary alicyclic amines) is 1. The molecule has 1 saturated heterocycles. The molecule has 1 atom stereocenters. The summed E-state index contributed by atoms with van der Waals surface area (Å²) in [6.07, 6.45) is 0.653. The summed E-state index contributed by atoms with van der Waals surface area (Å²) in [7, 11) is 2.94. The van der Waals surface area contributed by atoms with Crippen molar-refractivity contribution in [2.75, 3.05) is 41.3 Å². The van der Waals surface area contributed by atoms with Crippen molar-refractivity contribution < 1.29 is 23.1 Å². The summed E-state index contributed by atoms with van der Waals surface area (Å²) in [4.78, 5) is 29.4. The van der Waals surface area contributed by atoms with Crippen LogP contribution in [0.25, 0.3) is 5.76 Å². The molecule has 33 heavy (non-hydrogen) atoms. The van der Waals surface area contributed by atoms with Gasteiger partial charge >= 0.3 is 0 Å². The van der Waals surface area contributed by atoms with E-state index in [0.29, 0.717) is 18.5 Å². The van der Waals surface area contributed by atoms with Crippen LogP contribution in [-0.2, 0) is 19.6 Å². The lowest BCUT2D eigenvalue weighted by Crippen LogP contribution is -2.32. The maximum atomic E-state index is 13.1. The van der Waals surface area contributed by atoms with Crippen molar-refractivity contribution in [1.82, 2.24) is 14.1 Å². The van der Waals surface area contributed by atoms with Gasteiger partial charge < -0.3 is 14.9 Å². The van der Waals surface area contributed by atoms with E-state index in [4.69, 9.17) is 0 Å². The zero-order valence-electron chi connectivity index (χ0n) is 19.2. The van der Waals surface area contributed by atoms with Gasteiger partial charge in [-0.1, -0.05) is 42.5 Å². The van der Waals surface area contributed by atoms with Crippen molar-refractivity contribution in [3.05, 3.63) is 71.3 Å². The number of carbonyl (C=O) groups is 2. The van der Waals surface area contributed by atoms with Crippen LogP contribution in [0.15, 0.2) is 65.1 Å². The highest BCUT2D eigenvalue weighted by Gasteiger charge is 2.45. The number of benzene rings is 2. The van der Waals surface area contributed by atoms with Crippen LogP contribution in [0.2, 0.25) is 0 Å². The van der Waals surface area contributed by atoms with Gasteiger partial charge in [-0.25, -0.2) is 12.7 Å². The first-order valence-electron chi connectivity index (χ1n) is 10.6. The minimum Gasteiger partial charge on any atom is -0.507 e. The Balaban J connectivity index is 2.12. The Labute approximate surface area is 194 Å². The molecule has 0 aromatic heterocycles. The van der Waals surface area contributed by atoms with Crippen molar-refractivity contribution in [2.24, 2.45) is 0 Å². The molecule has 0 aliphatic carbocycles. The molecule has 1 aliphatic heterocycles. The number of Topliss-reactive ketones (excluding diaryl/α,β-unsaturated/α-hetero) is 1. The monoisotopic (exact) mass is 471 g/mol. The molecule has 0 bridgehead atoms. The van der Waals surface area contributed by atoms with E-state index in [1.165, 1.54) is 43.3 Å². The molecule has 9 heteroatoms. The van der Waals surface area contributed by atoms with Crippen molar-refractivity contribution in [3.63, 3.8) is 0 Å². The molecule has 2 aromatic carbocycles. The second-order valence-electron chi connectivity index (χ2n) is 8.38. The maximum Gasteiger partial charge on any atom is 0.295 e. The molecular weight excluding hydrogens is 442 g/mol. The summed E-state index contributed by atoms with van der Waals surface area (Å²) >= 11 is 0. The summed E-state index contributed by atoms with van der Waals surface area (Å²) in [5.41, 5.74) is 0.806. The standard InChI is InChI=1S/C24H29N3O5S/c1-25(2)14-9-15-27-21(17-10-6-5-7-11-17)20(23(29)24(27)30)22(28)18-12-8-13-19(16-18)33(31,32)26(3)4/h5-8,10-13,16,21,28H,9,14-15H2,1-4H3/t21-/m0/s1.